The second-order valence-electron chi connectivity index (χ2n) is 7.42. The van der Waals surface area contributed by atoms with Gasteiger partial charge in [0.2, 0.25) is 10.0 Å². The number of carbonyl (C=O) groups is 1. The average Bonchev–Trinajstić information content (AvgIpc) is 3.15. The molecule has 1 aromatic heterocycles. The normalized spacial score (nSPS) is 15.6. The molecule has 1 N–H and O–H groups in total. The zero-order chi connectivity index (χ0) is 21.3. The van der Waals surface area contributed by atoms with Crippen LogP contribution in [0.5, 0.6) is 0 Å². The highest BCUT2D eigenvalue weighted by Gasteiger charge is 2.29. The van der Waals surface area contributed by atoms with Crippen molar-refractivity contribution in [3.63, 3.8) is 0 Å². The topological polar surface area (TPSA) is 79.4 Å². The molecule has 1 aliphatic carbocycles. The van der Waals surface area contributed by atoms with Crippen LogP contribution in [0, 0.1) is 0 Å². The van der Waals surface area contributed by atoms with E-state index in [2.05, 4.69) is 26.2 Å². The Morgan fingerprint density at radius 1 is 1.13 bits per heavy atom. The van der Waals surface area contributed by atoms with Gasteiger partial charge in [-0.15, -0.1) is 0 Å². The molecule has 0 aliphatic heterocycles. The zero-order valence-electron chi connectivity index (χ0n) is 16.5. The molecule has 0 unspecified atom stereocenters. The fourth-order valence-electron chi connectivity index (χ4n) is 3.71. The average molecular weight is 508 g/mol. The Morgan fingerprint density at radius 2 is 1.83 bits per heavy atom. The first-order chi connectivity index (χ1) is 14.3. The summed E-state index contributed by atoms with van der Waals surface area (Å²) in [5.41, 5.74) is 1.19. The molecule has 1 amide bonds. The van der Waals surface area contributed by atoms with Crippen molar-refractivity contribution in [2.75, 3.05) is 12.4 Å². The Morgan fingerprint density at radius 3 is 2.53 bits per heavy atom. The molecule has 1 fully saturated rings. The van der Waals surface area contributed by atoms with Crippen molar-refractivity contribution >= 4 is 58.5 Å². The molecule has 6 nitrogen and oxygen atoms in total. The van der Waals surface area contributed by atoms with Gasteiger partial charge in [0.15, 0.2) is 5.13 Å². The molecule has 0 spiro atoms. The first-order valence-electron chi connectivity index (χ1n) is 9.80. The summed E-state index contributed by atoms with van der Waals surface area (Å²) in [6, 6.07) is 11.9. The highest BCUT2D eigenvalue weighted by atomic mass is 79.9. The van der Waals surface area contributed by atoms with Gasteiger partial charge in [-0.05, 0) is 55.3 Å². The maximum atomic E-state index is 12.9. The van der Waals surface area contributed by atoms with Crippen LogP contribution in [0.25, 0.3) is 10.2 Å². The van der Waals surface area contributed by atoms with E-state index in [-0.39, 0.29) is 16.8 Å². The summed E-state index contributed by atoms with van der Waals surface area (Å²) in [7, 11) is -1.92. The number of nitrogens with zero attached hydrogens (tertiary/aromatic N) is 2. The number of hydrogen-bond acceptors (Lipinski definition) is 5. The van der Waals surface area contributed by atoms with Crippen molar-refractivity contribution in [1.29, 1.82) is 0 Å². The zero-order valence-corrected chi connectivity index (χ0v) is 19.7. The summed E-state index contributed by atoms with van der Waals surface area (Å²) in [5.74, 6) is -0.322. The van der Waals surface area contributed by atoms with Crippen molar-refractivity contribution < 1.29 is 13.2 Å². The van der Waals surface area contributed by atoms with E-state index in [1.54, 1.807) is 19.2 Å². The molecule has 0 atom stereocenters. The molecule has 1 saturated carbocycles. The Labute approximate surface area is 188 Å². The molecule has 1 aliphatic rings. The van der Waals surface area contributed by atoms with Crippen molar-refractivity contribution in [3.05, 3.63) is 52.5 Å². The maximum Gasteiger partial charge on any atom is 0.257 e. The summed E-state index contributed by atoms with van der Waals surface area (Å²) < 4.78 is 29.3. The lowest BCUT2D eigenvalue weighted by Gasteiger charge is -2.30. The molecule has 3 aromatic rings. The van der Waals surface area contributed by atoms with E-state index in [1.807, 2.05) is 18.2 Å². The minimum absolute atomic E-state index is 0.0470. The minimum Gasteiger partial charge on any atom is -0.298 e. The van der Waals surface area contributed by atoms with E-state index >= 15 is 0 Å². The first-order valence-corrected chi connectivity index (χ1v) is 12.8. The third kappa shape index (κ3) is 4.44. The fraction of sp³-hybridized carbons (Fsp3) is 0.333. The second kappa shape index (κ2) is 8.74. The number of hydrogen-bond donors (Lipinski definition) is 1. The van der Waals surface area contributed by atoms with Crippen LogP contribution < -0.4 is 5.32 Å². The number of thiazole rings is 1. The van der Waals surface area contributed by atoms with E-state index in [0.29, 0.717) is 10.7 Å². The summed E-state index contributed by atoms with van der Waals surface area (Å²) in [5, 5.41) is 3.29. The number of fused-ring (bicyclic) bond motifs is 1. The lowest BCUT2D eigenvalue weighted by Crippen LogP contribution is -2.38. The van der Waals surface area contributed by atoms with Crippen molar-refractivity contribution in [1.82, 2.24) is 9.29 Å². The number of sulfonamides is 1. The van der Waals surface area contributed by atoms with Gasteiger partial charge in [0, 0.05) is 23.1 Å². The first kappa shape index (κ1) is 21.4. The lowest BCUT2D eigenvalue weighted by atomic mass is 9.96. The fourth-order valence-corrected chi connectivity index (χ4v) is 6.54. The second-order valence-corrected chi connectivity index (χ2v) is 11.4. The predicted octanol–water partition coefficient (Wildman–Crippen LogP) is 5.26. The van der Waals surface area contributed by atoms with E-state index in [0.717, 1.165) is 40.4 Å². The van der Waals surface area contributed by atoms with Gasteiger partial charge in [-0.2, -0.15) is 4.31 Å². The van der Waals surface area contributed by atoms with Crippen LogP contribution >= 0.6 is 27.3 Å². The van der Waals surface area contributed by atoms with Gasteiger partial charge in [-0.25, -0.2) is 13.4 Å². The maximum absolute atomic E-state index is 12.9. The van der Waals surface area contributed by atoms with E-state index < -0.39 is 10.0 Å². The Kier molecular flexibility index (Phi) is 6.24. The SMILES string of the molecule is CN(C1CCCCC1)S(=O)(=O)c1ccc(C(=O)Nc2nc3ccc(Br)cc3s2)cc1. The Bertz CT molecular complexity index is 1170. The molecule has 0 bridgehead atoms. The Hall–Kier alpha value is -1.81. The quantitative estimate of drug-likeness (QED) is 0.510. The molecular weight excluding hydrogens is 486 g/mol. The number of benzene rings is 2. The summed E-state index contributed by atoms with van der Waals surface area (Å²) >= 11 is 4.81. The summed E-state index contributed by atoms with van der Waals surface area (Å²) in [6.45, 7) is 0. The highest BCUT2D eigenvalue weighted by Crippen LogP contribution is 2.29. The highest BCUT2D eigenvalue weighted by molar-refractivity contribution is 9.10. The van der Waals surface area contributed by atoms with Crippen LogP contribution in [0.3, 0.4) is 0 Å². The minimum atomic E-state index is -3.57. The number of amides is 1. The number of carbonyl (C=O) groups excluding carboxylic acids is 1. The smallest absolute Gasteiger partial charge is 0.257 e. The molecular formula is C21H22BrN3O3S2. The lowest BCUT2D eigenvalue weighted by molar-refractivity contribution is 0.102. The van der Waals surface area contributed by atoms with Crippen LogP contribution in [-0.4, -0.2) is 36.7 Å². The summed E-state index contributed by atoms with van der Waals surface area (Å²) in [4.78, 5) is 17.2. The molecule has 1 heterocycles. The van der Waals surface area contributed by atoms with Gasteiger partial charge in [-0.3, -0.25) is 10.1 Å². The van der Waals surface area contributed by atoms with Gasteiger partial charge in [0.05, 0.1) is 15.1 Å². The van der Waals surface area contributed by atoms with Crippen LogP contribution in [-0.2, 0) is 10.0 Å². The van der Waals surface area contributed by atoms with Gasteiger partial charge in [0.1, 0.15) is 0 Å². The van der Waals surface area contributed by atoms with E-state index in [4.69, 9.17) is 0 Å². The number of rotatable bonds is 5. The molecule has 30 heavy (non-hydrogen) atoms. The third-order valence-corrected chi connectivity index (χ3v) is 8.80. The molecule has 0 radical (unpaired) electrons. The van der Waals surface area contributed by atoms with Gasteiger partial charge in [0.25, 0.3) is 5.91 Å². The van der Waals surface area contributed by atoms with E-state index in [1.165, 1.54) is 34.2 Å². The Balaban J connectivity index is 1.48. The predicted molar refractivity (Wildman–Crippen MR) is 124 cm³/mol. The standard InChI is InChI=1S/C21H22BrN3O3S2/c1-25(16-5-3-2-4-6-16)30(27,28)17-10-7-14(8-11-17)20(26)24-21-23-18-12-9-15(22)13-19(18)29-21/h7-13,16H,2-6H2,1H3,(H,23,24,26). The van der Waals surface area contributed by atoms with Crippen LogP contribution in [0.1, 0.15) is 42.5 Å². The van der Waals surface area contributed by atoms with Gasteiger partial charge in [-0.1, -0.05) is 46.5 Å². The monoisotopic (exact) mass is 507 g/mol. The van der Waals surface area contributed by atoms with Crippen LogP contribution in [0.15, 0.2) is 51.8 Å². The van der Waals surface area contributed by atoms with E-state index in [9.17, 15) is 13.2 Å². The van der Waals surface area contributed by atoms with Gasteiger partial charge >= 0.3 is 0 Å². The molecule has 158 valence electrons. The molecule has 9 heteroatoms. The number of aromatic nitrogens is 1. The summed E-state index contributed by atoms with van der Waals surface area (Å²) in [6.07, 6.45) is 5.09. The molecule has 2 aromatic carbocycles. The molecule has 4 rings (SSSR count). The number of nitrogens with one attached hydrogen (secondary N) is 1. The van der Waals surface area contributed by atoms with Crippen molar-refractivity contribution in [3.8, 4) is 0 Å². The van der Waals surface area contributed by atoms with Crippen LogP contribution in [0.2, 0.25) is 0 Å². The van der Waals surface area contributed by atoms with Crippen molar-refractivity contribution in [2.45, 2.75) is 43.0 Å². The number of anilines is 1. The largest absolute Gasteiger partial charge is 0.298 e. The van der Waals surface area contributed by atoms with Gasteiger partial charge < -0.3 is 0 Å². The van der Waals surface area contributed by atoms with Crippen molar-refractivity contribution in [2.24, 2.45) is 0 Å². The molecule has 0 saturated heterocycles. The third-order valence-electron chi connectivity index (χ3n) is 5.45. The number of halogens is 1. The van der Waals surface area contributed by atoms with Crippen LogP contribution in [0.4, 0.5) is 5.13 Å².